The van der Waals surface area contributed by atoms with E-state index in [9.17, 15) is 18.4 Å². The molecule has 0 saturated carbocycles. The average molecular weight is 414 g/mol. The topological polar surface area (TPSA) is 75.2 Å². The molecule has 1 aliphatic heterocycles. The van der Waals surface area contributed by atoms with Crippen molar-refractivity contribution in [3.05, 3.63) is 75.7 Å². The van der Waals surface area contributed by atoms with E-state index in [0.717, 1.165) is 17.8 Å². The van der Waals surface area contributed by atoms with Crippen molar-refractivity contribution in [3.63, 3.8) is 0 Å². The highest BCUT2D eigenvalue weighted by atomic mass is 32.1. The number of benzene rings is 2. The minimum Gasteiger partial charge on any atom is -0.329 e. The quantitative estimate of drug-likeness (QED) is 0.699. The fraction of sp³-hybridized carbons (Fsp3) is 0.200. The molecule has 0 aliphatic carbocycles. The molecule has 2 heterocycles. The summed E-state index contributed by atoms with van der Waals surface area (Å²) in [6.45, 7) is 0.525. The Kier molecular flexibility index (Phi) is 5.30. The van der Waals surface area contributed by atoms with E-state index in [2.05, 4.69) is 15.5 Å². The van der Waals surface area contributed by atoms with E-state index >= 15 is 0 Å². The second-order valence-electron chi connectivity index (χ2n) is 6.57. The van der Waals surface area contributed by atoms with Crippen molar-refractivity contribution in [3.8, 4) is 0 Å². The third-order valence-corrected chi connectivity index (χ3v) is 5.63. The van der Waals surface area contributed by atoms with E-state index in [-0.39, 0.29) is 22.5 Å². The van der Waals surface area contributed by atoms with Crippen molar-refractivity contribution >= 4 is 28.8 Å². The summed E-state index contributed by atoms with van der Waals surface area (Å²) < 4.78 is 26.5. The number of nitrogens with one attached hydrogen (secondary N) is 1. The molecule has 1 atom stereocenters. The fourth-order valence-corrected chi connectivity index (χ4v) is 4.12. The normalized spacial score (nSPS) is 16.1. The maximum Gasteiger partial charge on any atom is 0.286 e. The van der Waals surface area contributed by atoms with Crippen LogP contribution in [0.15, 0.2) is 48.5 Å². The van der Waals surface area contributed by atoms with Gasteiger partial charge in [-0.3, -0.25) is 9.59 Å². The Morgan fingerprint density at radius 1 is 1.07 bits per heavy atom. The Morgan fingerprint density at radius 2 is 1.86 bits per heavy atom. The molecule has 0 spiro atoms. The molecule has 3 aromatic rings. The van der Waals surface area contributed by atoms with Crippen LogP contribution in [0.3, 0.4) is 0 Å². The number of hydrogen-bond acceptors (Lipinski definition) is 5. The van der Waals surface area contributed by atoms with Gasteiger partial charge in [-0.15, -0.1) is 10.2 Å². The van der Waals surface area contributed by atoms with Gasteiger partial charge in [0.1, 0.15) is 16.6 Å². The summed E-state index contributed by atoms with van der Waals surface area (Å²) in [6, 6.07) is 10.6. The predicted molar refractivity (Wildman–Crippen MR) is 104 cm³/mol. The van der Waals surface area contributed by atoms with Crippen molar-refractivity contribution in [2.24, 2.45) is 0 Å². The van der Waals surface area contributed by atoms with Crippen molar-refractivity contribution < 1.29 is 18.4 Å². The highest BCUT2D eigenvalue weighted by molar-refractivity contribution is 7.13. The van der Waals surface area contributed by atoms with Gasteiger partial charge < -0.3 is 10.2 Å². The number of amides is 2. The van der Waals surface area contributed by atoms with Gasteiger partial charge in [0.05, 0.1) is 6.04 Å². The molecule has 1 aliphatic rings. The van der Waals surface area contributed by atoms with Crippen LogP contribution in [-0.2, 0) is 0 Å². The largest absolute Gasteiger partial charge is 0.329 e. The Morgan fingerprint density at radius 3 is 2.62 bits per heavy atom. The molecule has 1 aromatic heterocycles. The highest BCUT2D eigenvalue weighted by Crippen LogP contribution is 2.34. The molecule has 2 amide bonds. The summed E-state index contributed by atoms with van der Waals surface area (Å²) in [4.78, 5) is 26.8. The smallest absolute Gasteiger partial charge is 0.286 e. The minimum atomic E-state index is -0.470. The van der Waals surface area contributed by atoms with Gasteiger partial charge in [0.15, 0.2) is 0 Å². The molecule has 148 valence electrons. The molecule has 1 N–H and O–H groups in total. The summed E-state index contributed by atoms with van der Waals surface area (Å²) in [5.41, 5.74) is 0.715. The van der Waals surface area contributed by atoms with Gasteiger partial charge in [-0.05, 0) is 55.3 Å². The molecule has 1 fully saturated rings. The highest BCUT2D eigenvalue weighted by Gasteiger charge is 2.33. The van der Waals surface area contributed by atoms with Crippen molar-refractivity contribution in [2.45, 2.75) is 18.9 Å². The van der Waals surface area contributed by atoms with E-state index in [0.29, 0.717) is 23.7 Å². The van der Waals surface area contributed by atoms with E-state index < -0.39 is 17.5 Å². The molecule has 0 radical (unpaired) electrons. The number of nitrogens with zero attached hydrogens (tertiary/aromatic N) is 3. The van der Waals surface area contributed by atoms with Crippen LogP contribution in [0.25, 0.3) is 0 Å². The molecule has 2 aromatic carbocycles. The number of carbonyl (C=O) groups excluding carboxylic acids is 2. The number of likely N-dealkylation sites (tertiary alicyclic amines) is 1. The Labute approximate surface area is 169 Å². The summed E-state index contributed by atoms with van der Waals surface area (Å²) in [7, 11) is 0. The fourth-order valence-electron chi connectivity index (χ4n) is 3.23. The van der Waals surface area contributed by atoms with E-state index in [1.54, 1.807) is 11.0 Å². The molecule has 0 bridgehead atoms. The Balaban J connectivity index is 1.49. The zero-order valence-corrected chi connectivity index (χ0v) is 16.0. The lowest BCUT2D eigenvalue weighted by atomic mass is 10.1. The summed E-state index contributed by atoms with van der Waals surface area (Å²) in [5, 5.41) is 11.4. The molecular weight excluding hydrogens is 398 g/mol. The van der Waals surface area contributed by atoms with Crippen LogP contribution in [0.5, 0.6) is 0 Å². The van der Waals surface area contributed by atoms with Crippen LogP contribution in [0.2, 0.25) is 0 Å². The molecule has 6 nitrogen and oxygen atoms in total. The predicted octanol–water partition coefficient (Wildman–Crippen LogP) is 4.05. The van der Waals surface area contributed by atoms with Gasteiger partial charge in [0, 0.05) is 17.8 Å². The second-order valence-corrected chi connectivity index (χ2v) is 7.58. The Bertz CT molecular complexity index is 1050. The summed E-state index contributed by atoms with van der Waals surface area (Å²) in [5.74, 6) is -1.60. The lowest BCUT2D eigenvalue weighted by Crippen LogP contribution is -2.30. The van der Waals surface area contributed by atoms with Gasteiger partial charge in [-0.2, -0.15) is 0 Å². The van der Waals surface area contributed by atoms with Crippen LogP contribution in [0.1, 0.15) is 44.1 Å². The zero-order valence-electron chi connectivity index (χ0n) is 15.1. The number of hydrogen-bond donors (Lipinski definition) is 1. The molecule has 0 unspecified atom stereocenters. The zero-order chi connectivity index (χ0) is 20.4. The number of aromatic nitrogens is 2. The van der Waals surface area contributed by atoms with Crippen molar-refractivity contribution in [2.75, 3.05) is 11.9 Å². The third kappa shape index (κ3) is 4.14. The molecule has 9 heteroatoms. The molecule has 29 heavy (non-hydrogen) atoms. The van der Waals surface area contributed by atoms with Crippen LogP contribution >= 0.6 is 11.3 Å². The van der Waals surface area contributed by atoms with Gasteiger partial charge >= 0.3 is 0 Å². The lowest BCUT2D eigenvalue weighted by molar-refractivity contribution is 0.0734. The third-order valence-electron chi connectivity index (χ3n) is 4.61. The number of carbonyl (C=O) groups is 2. The summed E-state index contributed by atoms with van der Waals surface area (Å²) >= 11 is 1.10. The maximum absolute atomic E-state index is 13.5. The van der Waals surface area contributed by atoms with Crippen LogP contribution < -0.4 is 5.32 Å². The van der Waals surface area contributed by atoms with Crippen LogP contribution in [0.4, 0.5) is 14.5 Å². The van der Waals surface area contributed by atoms with Crippen LogP contribution in [0, 0.1) is 11.6 Å². The minimum absolute atomic E-state index is 0.148. The van der Waals surface area contributed by atoms with Crippen molar-refractivity contribution in [1.29, 1.82) is 0 Å². The first-order valence-corrected chi connectivity index (χ1v) is 9.80. The first-order chi connectivity index (χ1) is 14.0. The van der Waals surface area contributed by atoms with Gasteiger partial charge in [-0.1, -0.05) is 17.4 Å². The van der Waals surface area contributed by atoms with Gasteiger partial charge in [0.25, 0.3) is 11.8 Å². The van der Waals surface area contributed by atoms with Crippen LogP contribution in [-0.4, -0.2) is 33.5 Å². The monoisotopic (exact) mass is 414 g/mol. The van der Waals surface area contributed by atoms with E-state index in [1.807, 2.05) is 0 Å². The van der Waals surface area contributed by atoms with Gasteiger partial charge in [-0.25, -0.2) is 8.78 Å². The molecular formula is C20H16F2N4O2S. The van der Waals surface area contributed by atoms with E-state index in [4.69, 9.17) is 0 Å². The first-order valence-electron chi connectivity index (χ1n) is 8.98. The number of anilines is 1. The number of rotatable bonds is 4. The Hall–Kier alpha value is -3.20. The van der Waals surface area contributed by atoms with E-state index in [1.165, 1.54) is 42.5 Å². The number of halogens is 2. The summed E-state index contributed by atoms with van der Waals surface area (Å²) in [6.07, 6.45) is 1.47. The SMILES string of the molecule is O=C(Nc1ccc(F)cc1)c1nnc([C@H]2CCCN2C(=O)c2cccc(F)c2)s1. The van der Waals surface area contributed by atoms with Gasteiger partial charge in [0.2, 0.25) is 5.01 Å². The second kappa shape index (κ2) is 8.04. The molecule has 1 saturated heterocycles. The first kappa shape index (κ1) is 19.1. The molecule has 4 rings (SSSR count). The lowest BCUT2D eigenvalue weighted by Gasteiger charge is -2.22. The standard InChI is InChI=1S/C20H16F2N4O2S/c21-13-6-8-15(9-7-13)23-17(27)19-25-24-18(29-19)16-5-2-10-26(16)20(28)12-3-1-4-14(22)11-12/h1,3-4,6-9,11,16H,2,5,10H2,(H,23,27)/t16-/m1/s1. The maximum atomic E-state index is 13.5. The van der Waals surface area contributed by atoms with Crippen molar-refractivity contribution in [1.82, 2.24) is 15.1 Å². The average Bonchev–Trinajstić information content (AvgIpc) is 3.38.